The van der Waals surface area contributed by atoms with Gasteiger partial charge in [-0.15, -0.1) is 0 Å². The van der Waals surface area contributed by atoms with Gasteiger partial charge in [0.1, 0.15) is 0 Å². The molecule has 1 amide bonds. The van der Waals surface area contributed by atoms with Gasteiger partial charge in [0.05, 0.1) is 6.20 Å². The van der Waals surface area contributed by atoms with E-state index in [1.807, 2.05) is 51.5 Å². The van der Waals surface area contributed by atoms with Crippen LogP contribution in [-0.4, -0.2) is 15.7 Å². The van der Waals surface area contributed by atoms with Crippen molar-refractivity contribution >= 4 is 17.3 Å². The molecule has 1 aromatic carbocycles. The second kappa shape index (κ2) is 6.23. The minimum absolute atomic E-state index is 0.0255. The molecule has 0 aliphatic heterocycles. The van der Waals surface area contributed by atoms with Crippen LogP contribution in [0.4, 0.5) is 11.4 Å². The summed E-state index contributed by atoms with van der Waals surface area (Å²) in [5.41, 5.74) is 4.03. The molecule has 0 saturated carbocycles. The molecule has 0 unspecified atom stereocenters. The smallest absolute Gasteiger partial charge is 0.224 e. The fraction of sp³-hybridized carbons (Fsp3) is 0.333. The van der Waals surface area contributed by atoms with Crippen molar-refractivity contribution in [1.29, 1.82) is 0 Å². The summed E-state index contributed by atoms with van der Waals surface area (Å²) >= 11 is 0. The van der Waals surface area contributed by atoms with Crippen LogP contribution in [0, 0.1) is 6.92 Å². The molecule has 0 bridgehead atoms. The fourth-order valence-corrected chi connectivity index (χ4v) is 1.96. The van der Waals surface area contributed by atoms with Gasteiger partial charge in [-0.3, -0.25) is 9.48 Å². The molecule has 2 rings (SSSR count). The molecule has 0 radical (unpaired) electrons. The molecule has 0 spiro atoms. The van der Waals surface area contributed by atoms with Gasteiger partial charge in [0, 0.05) is 43.1 Å². The van der Waals surface area contributed by atoms with Gasteiger partial charge in [0.25, 0.3) is 0 Å². The zero-order chi connectivity index (χ0) is 14.5. The van der Waals surface area contributed by atoms with E-state index in [2.05, 4.69) is 15.7 Å². The van der Waals surface area contributed by atoms with Crippen molar-refractivity contribution in [2.24, 2.45) is 7.05 Å². The third kappa shape index (κ3) is 3.38. The molecule has 0 saturated heterocycles. The number of rotatable bonds is 5. The van der Waals surface area contributed by atoms with Gasteiger partial charge in [0.2, 0.25) is 5.91 Å². The molecular weight excluding hydrogens is 252 g/mol. The summed E-state index contributed by atoms with van der Waals surface area (Å²) in [4.78, 5) is 11.5. The van der Waals surface area contributed by atoms with Crippen LogP contribution in [0.2, 0.25) is 0 Å². The number of nitrogens with one attached hydrogen (secondary N) is 2. The number of anilines is 2. The first kappa shape index (κ1) is 14.1. The quantitative estimate of drug-likeness (QED) is 0.879. The first-order valence-electron chi connectivity index (χ1n) is 6.71. The molecule has 5 nitrogen and oxygen atoms in total. The van der Waals surface area contributed by atoms with Crippen LogP contribution in [0.5, 0.6) is 0 Å². The topological polar surface area (TPSA) is 59.0 Å². The fourth-order valence-electron chi connectivity index (χ4n) is 1.96. The Balaban J connectivity index is 2.08. The highest BCUT2D eigenvalue weighted by Crippen LogP contribution is 2.23. The maximum Gasteiger partial charge on any atom is 0.224 e. The number of amides is 1. The molecule has 2 aromatic rings. The molecule has 0 atom stereocenters. The number of carbonyl (C=O) groups is 1. The zero-order valence-corrected chi connectivity index (χ0v) is 12.1. The Hall–Kier alpha value is -2.30. The lowest BCUT2D eigenvalue weighted by Crippen LogP contribution is -2.11. The van der Waals surface area contributed by atoms with Gasteiger partial charge in [-0.25, -0.2) is 0 Å². The SMILES string of the molecule is CCC(=O)Nc1cccc(NCc2cnn(C)c2)c1C. The van der Waals surface area contributed by atoms with Gasteiger partial charge < -0.3 is 10.6 Å². The molecule has 0 aliphatic carbocycles. The van der Waals surface area contributed by atoms with Crippen LogP contribution in [0.3, 0.4) is 0 Å². The van der Waals surface area contributed by atoms with Crippen LogP contribution >= 0.6 is 0 Å². The van der Waals surface area contributed by atoms with Gasteiger partial charge in [-0.1, -0.05) is 13.0 Å². The lowest BCUT2D eigenvalue weighted by atomic mass is 10.1. The van der Waals surface area contributed by atoms with E-state index in [0.29, 0.717) is 13.0 Å². The van der Waals surface area contributed by atoms with Gasteiger partial charge in [-0.05, 0) is 24.6 Å². The van der Waals surface area contributed by atoms with E-state index in [-0.39, 0.29) is 5.91 Å². The number of hydrogen-bond donors (Lipinski definition) is 2. The van der Waals surface area contributed by atoms with Crippen molar-refractivity contribution < 1.29 is 4.79 Å². The monoisotopic (exact) mass is 272 g/mol. The first-order valence-corrected chi connectivity index (χ1v) is 6.71. The summed E-state index contributed by atoms with van der Waals surface area (Å²) in [5, 5.41) is 10.4. The Morgan fingerprint density at radius 2 is 2.10 bits per heavy atom. The van der Waals surface area contributed by atoms with Crippen molar-refractivity contribution in [3.63, 3.8) is 0 Å². The van der Waals surface area contributed by atoms with E-state index in [9.17, 15) is 4.79 Å². The van der Waals surface area contributed by atoms with Gasteiger partial charge in [-0.2, -0.15) is 5.10 Å². The molecule has 20 heavy (non-hydrogen) atoms. The van der Waals surface area contributed by atoms with Crippen LogP contribution in [0.15, 0.2) is 30.6 Å². The van der Waals surface area contributed by atoms with Crippen LogP contribution < -0.4 is 10.6 Å². The predicted octanol–water partition coefficient (Wildman–Crippen LogP) is 2.69. The Bertz CT molecular complexity index is 604. The molecule has 106 valence electrons. The molecule has 0 fully saturated rings. The van der Waals surface area contributed by atoms with Gasteiger partial charge >= 0.3 is 0 Å². The van der Waals surface area contributed by atoms with E-state index in [0.717, 1.165) is 22.5 Å². The molecule has 2 N–H and O–H groups in total. The van der Waals surface area contributed by atoms with Crippen molar-refractivity contribution in [2.45, 2.75) is 26.8 Å². The van der Waals surface area contributed by atoms with Gasteiger partial charge in [0.15, 0.2) is 0 Å². The standard InChI is InChI=1S/C15H20N4O/c1-4-15(20)18-14-7-5-6-13(11(14)2)16-8-12-9-17-19(3)10-12/h5-7,9-10,16H,4,8H2,1-3H3,(H,18,20). The summed E-state index contributed by atoms with van der Waals surface area (Å²) < 4.78 is 1.78. The van der Waals surface area contributed by atoms with Crippen molar-refractivity contribution in [1.82, 2.24) is 9.78 Å². The number of benzene rings is 1. The molecular formula is C15H20N4O. The third-order valence-electron chi connectivity index (χ3n) is 3.17. The van der Waals surface area contributed by atoms with E-state index in [1.54, 1.807) is 4.68 Å². The lowest BCUT2D eigenvalue weighted by Gasteiger charge is -2.13. The van der Waals surface area contributed by atoms with Crippen LogP contribution in [0.1, 0.15) is 24.5 Å². The third-order valence-corrected chi connectivity index (χ3v) is 3.17. The van der Waals surface area contributed by atoms with Crippen molar-refractivity contribution in [3.05, 3.63) is 41.7 Å². The highest BCUT2D eigenvalue weighted by Gasteiger charge is 2.06. The van der Waals surface area contributed by atoms with Crippen LogP contribution in [0.25, 0.3) is 0 Å². The Kier molecular flexibility index (Phi) is 4.40. The van der Waals surface area contributed by atoms with E-state index < -0.39 is 0 Å². The number of aryl methyl sites for hydroxylation is 1. The summed E-state index contributed by atoms with van der Waals surface area (Å²) in [6, 6.07) is 5.86. The number of aromatic nitrogens is 2. The number of nitrogens with zero attached hydrogens (tertiary/aromatic N) is 2. The second-order valence-electron chi connectivity index (χ2n) is 4.76. The minimum Gasteiger partial charge on any atom is -0.381 e. The number of hydrogen-bond acceptors (Lipinski definition) is 3. The summed E-state index contributed by atoms with van der Waals surface area (Å²) in [5.74, 6) is 0.0255. The summed E-state index contributed by atoms with van der Waals surface area (Å²) in [7, 11) is 1.90. The highest BCUT2D eigenvalue weighted by molar-refractivity contribution is 5.92. The predicted molar refractivity (Wildman–Crippen MR) is 80.6 cm³/mol. The maximum absolute atomic E-state index is 11.5. The average Bonchev–Trinajstić information content (AvgIpc) is 2.85. The Morgan fingerprint density at radius 3 is 2.75 bits per heavy atom. The lowest BCUT2D eigenvalue weighted by molar-refractivity contribution is -0.115. The average molecular weight is 272 g/mol. The Labute approximate surface area is 119 Å². The first-order chi connectivity index (χ1) is 9.60. The minimum atomic E-state index is 0.0255. The summed E-state index contributed by atoms with van der Waals surface area (Å²) in [6.07, 6.45) is 4.29. The van der Waals surface area contributed by atoms with E-state index in [4.69, 9.17) is 0 Å². The molecule has 0 aliphatic rings. The zero-order valence-electron chi connectivity index (χ0n) is 12.1. The molecule has 1 aromatic heterocycles. The molecule has 5 heteroatoms. The largest absolute Gasteiger partial charge is 0.381 e. The van der Waals surface area contributed by atoms with Crippen molar-refractivity contribution in [2.75, 3.05) is 10.6 Å². The maximum atomic E-state index is 11.5. The number of carbonyl (C=O) groups excluding carboxylic acids is 1. The van der Waals surface area contributed by atoms with E-state index in [1.165, 1.54) is 0 Å². The Morgan fingerprint density at radius 1 is 1.35 bits per heavy atom. The van der Waals surface area contributed by atoms with E-state index >= 15 is 0 Å². The normalized spacial score (nSPS) is 10.3. The summed E-state index contributed by atoms with van der Waals surface area (Å²) in [6.45, 7) is 4.55. The highest BCUT2D eigenvalue weighted by atomic mass is 16.1. The van der Waals surface area contributed by atoms with Crippen molar-refractivity contribution in [3.8, 4) is 0 Å². The second-order valence-corrected chi connectivity index (χ2v) is 4.76. The molecule has 1 heterocycles. The van der Waals surface area contributed by atoms with Crippen LogP contribution in [-0.2, 0) is 18.4 Å².